The van der Waals surface area contributed by atoms with Crippen molar-refractivity contribution >= 4 is 0 Å². The fraction of sp³-hybridized carbons (Fsp3) is 0.739. The molecule has 11 nitrogen and oxygen atoms in total. The minimum Gasteiger partial charge on any atom is -0.491 e. The van der Waals surface area contributed by atoms with Crippen molar-refractivity contribution in [1.82, 2.24) is 0 Å². The van der Waals surface area contributed by atoms with Crippen LogP contribution >= 0.6 is 0 Å². The predicted molar refractivity (Wildman–Crippen MR) is 128 cm³/mol. The van der Waals surface area contributed by atoms with E-state index in [0.29, 0.717) is 99.0 Å². The first kappa shape index (κ1) is 30.1. The lowest BCUT2D eigenvalue weighted by Gasteiger charge is -2.14. The molecule has 2 N–H and O–H groups in total. The van der Waals surface area contributed by atoms with E-state index < -0.39 is 0 Å². The van der Waals surface area contributed by atoms with Crippen molar-refractivity contribution in [1.29, 1.82) is 0 Å². The Bertz CT molecular complexity index is 664. The summed E-state index contributed by atoms with van der Waals surface area (Å²) in [5, 5.41) is 3.37. The van der Waals surface area contributed by atoms with E-state index in [0.717, 1.165) is 22.4 Å². The lowest BCUT2D eigenvalue weighted by atomic mass is 10.1. The zero-order valence-corrected chi connectivity index (χ0v) is 20.5. The number of azide groups is 1. The second kappa shape index (κ2) is 21.6. The first-order valence-electron chi connectivity index (χ1n) is 11.6. The van der Waals surface area contributed by atoms with Crippen LogP contribution in [0.4, 0.5) is 0 Å². The normalized spacial score (nSPS) is 10.9. The van der Waals surface area contributed by atoms with Gasteiger partial charge in [0, 0.05) is 18.0 Å². The molecule has 0 aliphatic carbocycles. The molecule has 0 aromatic heterocycles. The Hall–Kier alpha value is -1.95. The summed E-state index contributed by atoms with van der Waals surface area (Å²) < 4.78 is 38.3. The summed E-state index contributed by atoms with van der Waals surface area (Å²) in [4.78, 5) is 2.64. The molecule has 0 aliphatic heterocycles. The third-order valence-electron chi connectivity index (χ3n) is 4.49. The van der Waals surface area contributed by atoms with Gasteiger partial charge in [0.15, 0.2) is 0 Å². The topological polar surface area (TPSA) is 139 Å². The molecule has 0 saturated carbocycles. The molecule has 11 heteroatoms. The van der Waals surface area contributed by atoms with Crippen LogP contribution in [-0.2, 0) is 35.0 Å². The number of hydrogen-bond donors (Lipinski definition) is 1. The molecule has 34 heavy (non-hydrogen) atoms. The Kier molecular flexibility index (Phi) is 19.1. The molecule has 0 aliphatic rings. The molecule has 0 spiro atoms. The number of nitrogens with two attached hydrogens (primary N) is 1. The average molecular weight is 485 g/mol. The van der Waals surface area contributed by atoms with Crippen molar-refractivity contribution in [2.45, 2.75) is 20.4 Å². The summed E-state index contributed by atoms with van der Waals surface area (Å²) in [5.41, 5.74) is 17.1. The predicted octanol–water partition coefficient (Wildman–Crippen LogP) is 2.55. The number of benzene rings is 1. The lowest BCUT2D eigenvalue weighted by molar-refractivity contribution is -0.0175. The minimum absolute atomic E-state index is 0.333. The third-order valence-corrected chi connectivity index (χ3v) is 4.49. The highest BCUT2D eigenvalue weighted by molar-refractivity contribution is 5.43. The maximum Gasteiger partial charge on any atom is 0.125 e. The van der Waals surface area contributed by atoms with Gasteiger partial charge in [0.2, 0.25) is 0 Å². The van der Waals surface area contributed by atoms with E-state index in [9.17, 15) is 0 Å². The molecule has 194 valence electrons. The molecule has 0 amide bonds. The standard InChI is InChI=1S/C23H40N4O7/c1-20-17-22(19-24)18-21(2)23(20)34-16-15-33-14-13-32-12-11-31-10-9-30-8-7-29-6-5-28-4-3-26-27-25/h17-18H,3-16,19,24H2,1-2H3. The van der Waals surface area contributed by atoms with Crippen molar-refractivity contribution in [3.05, 3.63) is 39.3 Å². The zero-order valence-electron chi connectivity index (χ0n) is 20.5. The van der Waals surface area contributed by atoms with E-state index in [1.807, 2.05) is 13.8 Å². The van der Waals surface area contributed by atoms with E-state index in [4.69, 9.17) is 44.4 Å². The molecule has 0 unspecified atom stereocenters. The van der Waals surface area contributed by atoms with Crippen LogP contribution in [-0.4, -0.2) is 92.4 Å². The van der Waals surface area contributed by atoms with Crippen LogP contribution in [0.3, 0.4) is 0 Å². The smallest absolute Gasteiger partial charge is 0.125 e. The number of rotatable bonds is 23. The molecule has 1 aromatic rings. The highest BCUT2D eigenvalue weighted by atomic mass is 16.6. The monoisotopic (exact) mass is 484 g/mol. The van der Waals surface area contributed by atoms with E-state index in [-0.39, 0.29) is 0 Å². The number of aryl methyl sites for hydroxylation is 2. The van der Waals surface area contributed by atoms with Gasteiger partial charge in [-0.2, -0.15) is 0 Å². The van der Waals surface area contributed by atoms with E-state index in [1.54, 1.807) is 0 Å². The Morgan fingerprint density at radius 1 is 0.676 bits per heavy atom. The Morgan fingerprint density at radius 2 is 1.06 bits per heavy atom. The highest BCUT2D eigenvalue weighted by Gasteiger charge is 2.06. The van der Waals surface area contributed by atoms with E-state index in [2.05, 4.69) is 22.2 Å². The molecule has 0 saturated heterocycles. The van der Waals surface area contributed by atoms with Crippen molar-refractivity contribution in [2.24, 2.45) is 10.8 Å². The first-order chi connectivity index (χ1) is 16.7. The van der Waals surface area contributed by atoms with E-state index in [1.165, 1.54) is 0 Å². The summed E-state index contributed by atoms with van der Waals surface area (Å²) in [6.45, 7) is 11.3. The molecule has 0 bridgehead atoms. The highest BCUT2D eigenvalue weighted by Crippen LogP contribution is 2.24. The van der Waals surface area contributed by atoms with Crippen molar-refractivity contribution < 1.29 is 33.2 Å². The Balaban J connectivity index is 1.80. The quantitative estimate of drug-likeness (QED) is 0.108. The summed E-state index contributed by atoms with van der Waals surface area (Å²) >= 11 is 0. The van der Waals surface area contributed by atoms with Gasteiger partial charge in [-0.1, -0.05) is 17.2 Å². The molecular weight excluding hydrogens is 444 g/mol. The van der Waals surface area contributed by atoms with Crippen molar-refractivity contribution in [2.75, 3.05) is 92.4 Å². The summed E-state index contributed by atoms with van der Waals surface area (Å²) in [7, 11) is 0. The van der Waals surface area contributed by atoms with Crippen molar-refractivity contribution in [3.63, 3.8) is 0 Å². The lowest BCUT2D eigenvalue weighted by Crippen LogP contribution is -2.15. The second-order valence-electron chi connectivity index (χ2n) is 7.24. The molecule has 1 rings (SSSR count). The molecule has 0 radical (unpaired) electrons. The molecular formula is C23H40N4O7. The van der Waals surface area contributed by atoms with Gasteiger partial charge in [0.1, 0.15) is 12.4 Å². The summed E-state index contributed by atoms with van der Waals surface area (Å²) in [5.74, 6) is 0.899. The second-order valence-corrected chi connectivity index (χ2v) is 7.24. The van der Waals surface area contributed by atoms with Crippen LogP contribution < -0.4 is 10.5 Å². The number of nitrogens with zero attached hydrogens (tertiary/aromatic N) is 3. The molecule has 0 heterocycles. The van der Waals surface area contributed by atoms with Gasteiger partial charge in [0.25, 0.3) is 0 Å². The average Bonchev–Trinajstić information content (AvgIpc) is 2.83. The van der Waals surface area contributed by atoms with Crippen LogP contribution in [0.5, 0.6) is 5.75 Å². The zero-order chi connectivity index (χ0) is 24.7. The SMILES string of the molecule is Cc1cc(CN)cc(C)c1OCCOCCOCCOCCOCCOCCOCCN=[N+]=[N-]. The van der Waals surface area contributed by atoms with Crippen LogP contribution in [0.2, 0.25) is 0 Å². The van der Waals surface area contributed by atoms with Gasteiger partial charge >= 0.3 is 0 Å². The molecule has 0 fully saturated rings. The van der Waals surface area contributed by atoms with Crippen LogP contribution in [0.25, 0.3) is 10.4 Å². The maximum absolute atomic E-state index is 8.11. The van der Waals surface area contributed by atoms with Crippen LogP contribution in [0, 0.1) is 13.8 Å². The molecule has 0 atom stereocenters. The largest absolute Gasteiger partial charge is 0.491 e. The number of hydrogen-bond acceptors (Lipinski definition) is 9. The maximum atomic E-state index is 8.11. The number of ether oxygens (including phenoxy) is 7. The fourth-order valence-electron chi connectivity index (χ4n) is 2.94. The van der Waals surface area contributed by atoms with Crippen molar-refractivity contribution in [3.8, 4) is 5.75 Å². The summed E-state index contributed by atoms with van der Waals surface area (Å²) in [6, 6.07) is 4.11. The van der Waals surface area contributed by atoms with Gasteiger partial charge in [-0.25, -0.2) is 0 Å². The fourth-order valence-corrected chi connectivity index (χ4v) is 2.94. The van der Waals surface area contributed by atoms with Gasteiger partial charge in [-0.05, 0) is 36.1 Å². The molecule has 1 aromatic carbocycles. The van der Waals surface area contributed by atoms with Gasteiger partial charge < -0.3 is 38.9 Å². The van der Waals surface area contributed by atoms with E-state index >= 15 is 0 Å². The third kappa shape index (κ3) is 15.8. The summed E-state index contributed by atoms with van der Waals surface area (Å²) in [6.07, 6.45) is 0. The van der Waals surface area contributed by atoms with Crippen LogP contribution in [0.1, 0.15) is 16.7 Å². The van der Waals surface area contributed by atoms with Gasteiger partial charge in [-0.3, -0.25) is 0 Å². The Morgan fingerprint density at radius 3 is 1.44 bits per heavy atom. The Labute approximate surface area is 202 Å². The van der Waals surface area contributed by atoms with Gasteiger partial charge in [-0.15, -0.1) is 0 Å². The van der Waals surface area contributed by atoms with Crippen LogP contribution in [0.15, 0.2) is 17.2 Å². The van der Waals surface area contributed by atoms with Gasteiger partial charge in [0.05, 0.1) is 79.3 Å². The minimum atomic E-state index is 0.333. The first-order valence-corrected chi connectivity index (χ1v) is 11.6.